The molecule has 0 unspecified atom stereocenters. The zero-order chi connectivity index (χ0) is 23.0. The number of hydrogen-bond acceptors (Lipinski definition) is 5. The molecule has 1 aromatic carbocycles. The lowest BCUT2D eigenvalue weighted by atomic mass is 9.90. The second kappa shape index (κ2) is 8.67. The molecule has 0 aliphatic heterocycles. The molecule has 1 fully saturated rings. The quantitative estimate of drug-likeness (QED) is 0.347. The first kappa shape index (κ1) is 21.7. The first-order chi connectivity index (χ1) is 15.9. The van der Waals surface area contributed by atoms with Crippen molar-refractivity contribution in [2.24, 2.45) is 0 Å². The molecule has 33 heavy (non-hydrogen) atoms. The van der Waals surface area contributed by atoms with Crippen LogP contribution in [-0.4, -0.2) is 27.0 Å². The minimum Gasteiger partial charge on any atom is -0.382 e. The molecule has 3 aromatic heterocycles. The molecule has 1 saturated carbocycles. The minimum absolute atomic E-state index is 0.0517. The van der Waals surface area contributed by atoms with Gasteiger partial charge in [0.1, 0.15) is 11.5 Å². The van der Waals surface area contributed by atoms with Crippen molar-refractivity contribution >= 4 is 44.9 Å². The number of benzene rings is 1. The van der Waals surface area contributed by atoms with Crippen LogP contribution >= 0.6 is 11.6 Å². The first-order valence-electron chi connectivity index (χ1n) is 10.8. The molecule has 4 aromatic rings. The average Bonchev–Trinajstić information content (AvgIpc) is 2.80. The Balaban J connectivity index is 1.31. The van der Waals surface area contributed by atoms with Crippen molar-refractivity contribution in [3.63, 3.8) is 0 Å². The van der Waals surface area contributed by atoms with Crippen molar-refractivity contribution in [3.8, 4) is 0 Å². The molecule has 5 rings (SSSR count). The Kier molecular flexibility index (Phi) is 5.70. The van der Waals surface area contributed by atoms with E-state index in [1.54, 1.807) is 24.5 Å². The number of hydrogen-bond donors (Lipinski definition) is 2. The van der Waals surface area contributed by atoms with Crippen LogP contribution in [0.2, 0.25) is 5.02 Å². The maximum Gasteiger partial charge on any atom is 0.433 e. The SMILES string of the molecule is FC(F)(F)c1cc(NC2CCC(Nc3nccc4ncccc34)CC2)c2cc(Cl)ccc2n1. The molecule has 5 nitrogen and oxygen atoms in total. The third-order valence-corrected chi connectivity index (χ3v) is 6.25. The molecule has 3 heterocycles. The largest absolute Gasteiger partial charge is 0.433 e. The van der Waals surface area contributed by atoms with Gasteiger partial charge in [-0.05, 0) is 68.1 Å². The van der Waals surface area contributed by atoms with Crippen molar-refractivity contribution < 1.29 is 13.2 Å². The highest BCUT2D eigenvalue weighted by Crippen LogP contribution is 2.35. The van der Waals surface area contributed by atoms with Crippen molar-refractivity contribution in [1.82, 2.24) is 15.0 Å². The lowest BCUT2D eigenvalue weighted by Crippen LogP contribution is -2.32. The third-order valence-electron chi connectivity index (χ3n) is 6.02. The van der Waals surface area contributed by atoms with E-state index in [4.69, 9.17) is 11.6 Å². The van der Waals surface area contributed by atoms with Crippen molar-refractivity contribution in [1.29, 1.82) is 0 Å². The molecule has 0 saturated heterocycles. The number of fused-ring (bicyclic) bond motifs is 2. The number of nitrogens with zero attached hydrogens (tertiary/aromatic N) is 3. The fraction of sp³-hybridized carbons (Fsp3) is 0.292. The predicted octanol–water partition coefficient (Wildman–Crippen LogP) is 6.69. The Labute approximate surface area is 193 Å². The summed E-state index contributed by atoms with van der Waals surface area (Å²) in [4.78, 5) is 12.6. The predicted molar refractivity (Wildman–Crippen MR) is 125 cm³/mol. The number of aromatic nitrogens is 3. The minimum atomic E-state index is -4.52. The number of rotatable bonds is 4. The second-order valence-corrected chi connectivity index (χ2v) is 8.72. The summed E-state index contributed by atoms with van der Waals surface area (Å²) >= 11 is 6.10. The molecule has 2 N–H and O–H groups in total. The molecule has 0 bridgehead atoms. The summed E-state index contributed by atoms with van der Waals surface area (Å²) < 4.78 is 40.2. The van der Waals surface area contributed by atoms with Gasteiger partial charge in [-0.25, -0.2) is 9.97 Å². The molecular weight excluding hydrogens is 451 g/mol. The number of nitrogens with one attached hydrogen (secondary N) is 2. The van der Waals surface area contributed by atoms with Gasteiger partial charge in [-0.15, -0.1) is 0 Å². The lowest BCUT2D eigenvalue weighted by molar-refractivity contribution is -0.140. The Bertz CT molecular complexity index is 1300. The highest BCUT2D eigenvalue weighted by molar-refractivity contribution is 6.31. The van der Waals surface area contributed by atoms with Crippen molar-refractivity contribution in [3.05, 3.63) is 65.6 Å². The van der Waals surface area contributed by atoms with Crippen LogP contribution in [0.1, 0.15) is 31.4 Å². The van der Waals surface area contributed by atoms with Crippen LogP contribution in [0.4, 0.5) is 24.7 Å². The van der Waals surface area contributed by atoms with Crippen LogP contribution in [0, 0.1) is 0 Å². The number of anilines is 2. The van der Waals surface area contributed by atoms with E-state index in [1.807, 2.05) is 18.2 Å². The van der Waals surface area contributed by atoms with Gasteiger partial charge < -0.3 is 10.6 Å². The van der Waals surface area contributed by atoms with E-state index in [9.17, 15) is 13.2 Å². The van der Waals surface area contributed by atoms with Crippen molar-refractivity contribution in [2.75, 3.05) is 10.6 Å². The van der Waals surface area contributed by atoms with Crippen LogP contribution in [0.5, 0.6) is 0 Å². The van der Waals surface area contributed by atoms with E-state index in [0.717, 1.165) is 48.5 Å². The van der Waals surface area contributed by atoms with Gasteiger partial charge in [-0.3, -0.25) is 4.98 Å². The molecular formula is C24H21ClF3N5. The van der Waals surface area contributed by atoms with Crippen LogP contribution in [-0.2, 0) is 6.18 Å². The summed E-state index contributed by atoms with van der Waals surface area (Å²) in [6.07, 6.45) is 2.33. The Morgan fingerprint density at radius 3 is 2.33 bits per heavy atom. The molecule has 0 atom stereocenters. The van der Waals surface area contributed by atoms with E-state index >= 15 is 0 Å². The van der Waals surface area contributed by atoms with Crippen LogP contribution in [0.15, 0.2) is 54.9 Å². The standard InChI is InChI=1S/C24H21ClF3N5/c25-14-3-8-20-18(12-14)21(13-22(33-20)24(26,27)28)31-15-4-6-16(7-5-15)32-23-17-2-1-10-29-19(17)9-11-30-23/h1-3,8-13,15-16H,4-7H2,(H,30,32)(H,31,33). The highest BCUT2D eigenvalue weighted by Gasteiger charge is 2.34. The van der Waals surface area contributed by atoms with Gasteiger partial charge in [-0.2, -0.15) is 13.2 Å². The molecule has 0 spiro atoms. The van der Waals surface area contributed by atoms with Gasteiger partial charge in [0.25, 0.3) is 0 Å². The highest BCUT2D eigenvalue weighted by atomic mass is 35.5. The third kappa shape index (κ3) is 4.66. The van der Waals surface area contributed by atoms with Gasteiger partial charge in [0, 0.05) is 46.0 Å². The molecule has 1 aliphatic rings. The molecule has 0 amide bonds. The fourth-order valence-corrected chi connectivity index (χ4v) is 4.55. The van der Waals surface area contributed by atoms with E-state index in [0.29, 0.717) is 16.1 Å². The summed E-state index contributed by atoms with van der Waals surface area (Å²) in [5.41, 5.74) is 0.649. The Morgan fingerprint density at radius 1 is 0.818 bits per heavy atom. The smallest absolute Gasteiger partial charge is 0.382 e. The van der Waals surface area contributed by atoms with Gasteiger partial charge in [0.2, 0.25) is 0 Å². The van der Waals surface area contributed by atoms with Gasteiger partial charge in [0.05, 0.1) is 11.0 Å². The molecule has 170 valence electrons. The number of pyridine rings is 3. The maximum absolute atomic E-state index is 13.4. The Hall–Kier alpha value is -3.13. The topological polar surface area (TPSA) is 62.7 Å². The van der Waals surface area contributed by atoms with Crippen LogP contribution in [0.25, 0.3) is 21.8 Å². The average molecular weight is 472 g/mol. The molecule has 9 heteroatoms. The summed E-state index contributed by atoms with van der Waals surface area (Å²) in [5.74, 6) is 0.807. The van der Waals surface area contributed by atoms with Gasteiger partial charge in [0.15, 0.2) is 0 Å². The summed E-state index contributed by atoms with van der Waals surface area (Å²) in [7, 11) is 0. The zero-order valence-corrected chi connectivity index (χ0v) is 18.3. The lowest BCUT2D eigenvalue weighted by Gasteiger charge is -2.31. The zero-order valence-electron chi connectivity index (χ0n) is 17.5. The summed E-state index contributed by atoms with van der Waals surface area (Å²) in [5, 5.41) is 8.86. The van der Waals surface area contributed by atoms with Gasteiger partial charge >= 0.3 is 6.18 Å². The normalized spacial score (nSPS) is 19.0. The molecule has 0 radical (unpaired) electrons. The summed E-state index contributed by atoms with van der Waals surface area (Å²) in [6, 6.07) is 11.8. The number of halogens is 4. The Morgan fingerprint density at radius 2 is 1.58 bits per heavy atom. The number of alkyl halides is 3. The monoisotopic (exact) mass is 471 g/mol. The molecule has 1 aliphatic carbocycles. The van der Waals surface area contributed by atoms with Crippen LogP contribution < -0.4 is 10.6 Å². The second-order valence-electron chi connectivity index (χ2n) is 8.28. The first-order valence-corrected chi connectivity index (χ1v) is 11.1. The van der Waals surface area contributed by atoms with Gasteiger partial charge in [-0.1, -0.05) is 11.6 Å². The van der Waals surface area contributed by atoms with E-state index < -0.39 is 11.9 Å². The van der Waals surface area contributed by atoms with Crippen molar-refractivity contribution in [2.45, 2.75) is 43.9 Å². The van der Waals surface area contributed by atoms with E-state index in [2.05, 4.69) is 25.6 Å². The maximum atomic E-state index is 13.4. The van der Waals surface area contributed by atoms with Crippen LogP contribution in [0.3, 0.4) is 0 Å². The summed E-state index contributed by atoms with van der Waals surface area (Å²) in [6.45, 7) is 0. The van der Waals surface area contributed by atoms with E-state index in [1.165, 1.54) is 6.07 Å². The fourth-order valence-electron chi connectivity index (χ4n) is 4.38. The van der Waals surface area contributed by atoms with E-state index in [-0.39, 0.29) is 17.6 Å².